The molecular weight excluding hydrogens is 485 g/mol. The second-order valence-corrected chi connectivity index (χ2v) is 9.91. The molecule has 1 unspecified atom stereocenters. The van der Waals surface area contributed by atoms with Crippen molar-refractivity contribution in [2.24, 2.45) is 10.9 Å². The average molecular weight is 520 g/mol. The molecular formula is C28H34FN7O2. The number of nitrogens with zero attached hydrogens (tertiary/aromatic N) is 5. The first kappa shape index (κ1) is 26.9. The third-order valence-electron chi connectivity index (χ3n) is 7.15. The Balaban J connectivity index is 1.50. The molecule has 0 spiro atoms. The zero-order chi connectivity index (χ0) is 27.2. The number of urea groups is 1. The van der Waals surface area contributed by atoms with Crippen molar-refractivity contribution in [3.8, 4) is 6.19 Å². The summed E-state index contributed by atoms with van der Waals surface area (Å²) in [6.07, 6.45) is 3.12. The van der Waals surface area contributed by atoms with Crippen molar-refractivity contribution >= 4 is 29.3 Å². The molecule has 2 N–H and O–H groups in total. The lowest BCUT2D eigenvalue weighted by Crippen LogP contribution is -2.60. The Morgan fingerprint density at radius 2 is 1.92 bits per heavy atom. The third-order valence-corrected chi connectivity index (χ3v) is 7.15. The third kappa shape index (κ3) is 6.05. The molecule has 2 aromatic carbocycles. The van der Waals surface area contributed by atoms with Crippen molar-refractivity contribution in [2.45, 2.75) is 46.2 Å². The fourth-order valence-electron chi connectivity index (χ4n) is 5.09. The molecule has 38 heavy (non-hydrogen) atoms. The van der Waals surface area contributed by atoms with E-state index in [4.69, 9.17) is 0 Å². The van der Waals surface area contributed by atoms with Crippen LogP contribution in [0.4, 0.5) is 20.6 Å². The number of hydrogen-bond acceptors (Lipinski definition) is 4. The first-order valence-electron chi connectivity index (χ1n) is 13.0. The minimum Gasteiger partial charge on any atom is -0.338 e. The van der Waals surface area contributed by atoms with Gasteiger partial charge in [0.05, 0.1) is 6.04 Å². The molecule has 1 saturated heterocycles. The van der Waals surface area contributed by atoms with E-state index in [-0.39, 0.29) is 23.9 Å². The number of hydrogen-bond donors (Lipinski definition) is 2. The Morgan fingerprint density at radius 3 is 2.63 bits per heavy atom. The largest absolute Gasteiger partial charge is 0.338 e. The summed E-state index contributed by atoms with van der Waals surface area (Å²) < 4.78 is 13.6. The lowest BCUT2D eigenvalue weighted by atomic mass is 9.97. The number of carbonyl (C=O) groups is 2. The number of fused-ring (bicyclic) bond motifs is 1. The van der Waals surface area contributed by atoms with Gasteiger partial charge in [-0.05, 0) is 47.7 Å². The van der Waals surface area contributed by atoms with Gasteiger partial charge >= 0.3 is 6.03 Å². The molecule has 9 nitrogen and oxygen atoms in total. The van der Waals surface area contributed by atoms with Crippen LogP contribution >= 0.6 is 0 Å². The van der Waals surface area contributed by atoms with Gasteiger partial charge in [0.25, 0.3) is 0 Å². The molecule has 2 aromatic rings. The highest BCUT2D eigenvalue weighted by Gasteiger charge is 2.34. The van der Waals surface area contributed by atoms with Gasteiger partial charge < -0.3 is 25.3 Å². The van der Waals surface area contributed by atoms with Crippen molar-refractivity contribution in [3.63, 3.8) is 0 Å². The molecule has 0 bridgehead atoms. The molecule has 0 saturated carbocycles. The lowest BCUT2D eigenvalue weighted by Gasteiger charge is -2.44. The number of nitriles is 1. The van der Waals surface area contributed by atoms with E-state index in [9.17, 15) is 19.2 Å². The molecule has 1 atom stereocenters. The minimum absolute atomic E-state index is 0.0983. The van der Waals surface area contributed by atoms with Crippen LogP contribution < -0.4 is 10.6 Å². The number of piperazine rings is 1. The molecule has 4 rings (SSSR count). The van der Waals surface area contributed by atoms with Crippen molar-refractivity contribution in [1.82, 2.24) is 14.7 Å². The number of anilines is 2. The lowest BCUT2D eigenvalue weighted by molar-refractivity contribution is -0.131. The molecule has 0 aliphatic carbocycles. The van der Waals surface area contributed by atoms with Gasteiger partial charge in [-0.2, -0.15) is 5.26 Å². The monoisotopic (exact) mass is 519 g/mol. The molecule has 10 heteroatoms. The van der Waals surface area contributed by atoms with Gasteiger partial charge in [0, 0.05) is 50.5 Å². The molecule has 2 heterocycles. The smallest absolute Gasteiger partial charge is 0.321 e. The second-order valence-electron chi connectivity index (χ2n) is 9.91. The minimum atomic E-state index is -0.413. The molecule has 1 fully saturated rings. The quantitative estimate of drug-likeness (QED) is 0.357. The summed E-state index contributed by atoms with van der Waals surface area (Å²) in [5, 5.41) is 15.7. The van der Waals surface area contributed by atoms with Gasteiger partial charge in [-0.15, -0.1) is 4.99 Å². The first-order chi connectivity index (χ1) is 18.3. The van der Waals surface area contributed by atoms with E-state index in [1.54, 1.807) is 17.0 Å². The fourth-order valence-corrected chi connectivity index (χ4v) is 5.09. The maximum atomic E-state index is 13.6. The summed E-state index contributed by atoms with van der Waals surface area (Å²) in [6.45, 7) is 8.53. The number of carbonyl (C=O) groups excluding carboxylic acids is 2. The number of nitrogens with one attached hydrogen (secondary N) is 2. The molecule has 0 aromatic heterocycles. The number of benzene rings is 2. The molecule has 2 aliphatic rings. The zero-order valence-corrected chi connectivity index (χ0v) is 22.1. The van der Waals surface area contributed by atoms with E-state index in [0.29, 0.717) is 57.2 Å². The molecule has 0 radical (unpaired) electrons. The number of halogens is 1. The Labute approximate surface area is 222 Å². The van der Waals surface area contributed by atoms with E-state index >= 15 is 0 Å². The van der Waals surface area contributed by atoms with Crippen LogP contribution in [0.15, 0.2) is 47.5 Å². The molecule has 200 valence electrons. The van der Waals surface area contributed by atoms with Crippen LogP contribution in [0.25, 0.3) is 0 Å². The summed E-state index contributed by atoms with van der Waals surface area (Å²) >= 11 is 0. The van der Waals surface area contributed by atoms with Crippen LogP contribution in [0.3, 0.4) is 0 Å². The van der Waals surface area contributed by atoms with Crippen molar-refractivity contribution in [1.29, 1.82) is 5.26 Å². The first-order valence-corrected chi connectivity index (χ1v) is 13.0. The highest BCUT2D eigenvalue weighted by atomic mass is 19.1. The van der Waals surface area contributed by atoms with Crippen molar-refractivity contribution in [3.05, 3.63) is 59.4 Å². The van der Waals surface area contributed by atoms with E-state index < -0.39 is 5.82 Å². The number of amides is 3. The van der Waals surface area contributed by atoms with Gasteiger partial charge in [0.2, 0.25) is 18.1 Å². The van der Waals surface area contributed by atoms with Crippen LogP contribution in [0.1, 0.15) is 38.3 Å². The number of guanidine groups is 1. The van der Waals surface area contributed by atoms with Crippen molar-refractivity contribution in [2.75, 3.05) is 36.8 Å². The Kier molecular flexibility index (Phi) is 8.46. The predicted octanol–water partition coefficient (Wildman–Crippen LogP) is 4.24. The Bertz CT molecular complexity index is 1260. The summed E-state index contributed by atoms with van der Waals surface area (Å²) in [4.78, 5) is 34.9. The summed E-state index contributed by atoms with van der Waals surface area (Å²) in [7, 11) is 0. The predicted molar refractivity (Wildman–Crippen MR) is 145 cm³/mol. The van der Waals surface area contributed by atoms with Gasteiger partial charge in [0.1, 0.15) is 5.82 Å². The van der Waals surface area contributed by atoms with Crippen molar-refractivity contribution < 1.29 is 14.0 Å². The second kappa shape index (κ2) is 11.9. The van der Waals surface area contributed by atoms with Crippen LogP contribution in [0.5, 0.6) is 0 Å². The van der Waals surface area contributed by atoms with Gasteiger partial charge in [-0.3, -0.25) is 4.79 Å². The Hall–Kier alpha value is -4.13. The standard InChI is InChI=1S/C28H34FN7O2/c1-4-26(37)34-12-11-23-20(16-34)7-5-10-24(23)33-27(31-18-30)36-14-13-35(17-25(36)19(2)3)28(38)32-22-9-6-8-21(29)15-22/h5-10,15,19,25H,4,11-14,16-17H2,1-3H3,(H,31,33)(H,32,38). The van der Waals surface area contributed by atoms with E-state index in [1.807, 2.05) is 36.2 Å². The summed E-state index contributed by atoms with van der Waals surface area (Å²) in [5.41, 5.74) is 3.47. The summed E-state index contributed by atoms with van der Waals surface area (Å²) in [5.74, 6) is 0.323. The van der Waals surface area contributed by atoms with Gasteiger partial charge in [-0.25, -0.2) is 9.18 Å². The maximum absolute atomic E-state index is 13.6. The van der Waals surface area contributed by atoms with Crippen LogP contribution in [0, 0.1) is 23.2 Å². The van der Waals surface area contributed by atoms with E-state index in [2.05, 4.69) is 34.4 Å². The Morgan fingerprint density at radius 1 is 1.13 bits per heavy atom. The molecule has 2 aliphatic heterocycles. The highest BCUT2D eigenvalue weighted by molar-refractivity contribution is 5.96. The number of rotatable bonds is 4. The van der Waals surface area contributed by atoms with Gasteiger partial charge in [-0.1, -0.05) is 39.0 Å². The van der Waals surface area contributed by atoms with Gasteiger partial charge in [0.15, 0.2) is 0 Å². The topological polar surface area (TPSA) is 104 Å². The van der Waals surface area contributed by atoms with E-state index in [0.717, 1.165) is 16.8 Å². The molecule has 3 amide bonds. The van der Waals surface area contributed by atoms with Crippen LogP contribution in [0.2, 0.25) is 0 Å². The maximum Gasteiger partial charge on any atom is 0.321 e. The van der Waals surface area contributed by atoms with Crippen LogP contribution in [-0.4, -0.2) is 64.8 Å². The average Bonchev–Trinajstić information content (AvgIpc) is 2.91. The number of aliphatic imine (C=N–C) groups is 1. The van der Waals surface area contributed by atoms with E-state index in [1.165, 1.54) is 12.1 Å². The SMILES string of the molecule is CCC(=O)N1CCc2c(cccc2N/C(=N/C#N)N2CCN(C(=O)Nc3cccc(F)c3)CC2C(C)C)C1. The zero-order valence-electron chi connectivity index (χ0n) is 22.1. The summed E-state index contributed by atoms with van der Waals surface area (Å²) in [6, 6.07) is 11.4. The fraction of sp³-hybridized carbons (Fsp3) is 0.429. The normalized spacial score (nSPS) is 17.6. The highest BCUT2D eigenvalue weighted by Crippen LogP contribution is 2.28. The van der Waals surface area contributed by atoms with Crippen LogP contribution in [-0.2, 0) is 17.8 Å².